The van der Waals surface area contributed by atoms with Gasteiger partial charge in [-0.1, -0.05) is 12.1 Å². The monoisotopic (exact) mass is 312 g/mol. The number of amides is 1. The predicted molar refractivity (Wildman–Crippen MR) is 88.1 cm³/mol. The lowest BCUT2D eigenvalue weighted by Crippen LogP contribution is -2.10. The van der Waals surface area contributed by atoms with Gasteiger partial charge in [-0.15, -0.1) is 21.5 Å². The van der Waals surface area contributed by atoms with Gasteiger partial charge >= 0.3 is 0 Å². The quantitative estimate of drug-likeness (QED) is 0.801. The van der Waals surface area contributed by atoms with Crippen molar-refractivity contribution in [3.05, 3.63) is 52.5 Å². The summed E-state index contributed by atoms with van der Waals surface area (Å²) in [6, 6.07) is 11.4. The van der Waals surface area contributed by atoms with E-state index in [9.17, 15) is 4.79 Å². The van der Waals surface area contributed by atoms with Gasteiger partial charge < -0.3 is 9.88 Å². The average Bonchev–Trinajstić information content (AvgIpc) is 3.15. The van der Waals surface area contributed by atoms with Crippen molar-refractivity contribution in [2.75, 3.05) is 5.32 Å². The van der Waals surface area contributed by atoms with Crippen molar-refractivity contribution in [2.24, 2.45) is 0 Å². The number of nitrogens with one attached hydrogen (secondary N) is 1. The Balaban J connectivity index is 1.84. The molecule has 1 aromatic carbocycles. The van der Waals surface area contributed by atoms with Crippen LogP contribution in [-0.4, -0.2) is 20.7 Å². The molecule has 0 aliphatic carbocycles. The highest BCUT2D eigenvalue weighted by atomic mass is 32.1. The molecule has 0 fully saturated rings. The summed E-state index contributed by atoms with van der Waals surface area (Å²) in [5.41, 5.74) is 1.68. The maximum Gasteiger partial charge on any atom is 0.265 e. The van der Waals surface area contributed by atoms with Gasteiger partial charge in [0.2, 0.25) is 0 Å². The fourth-order valence-corrected chi connectivity index (χ4v) is 2.96. The highest BCUT2D eigenvalue weighted by Gasteiger charge is 2.10. The maximum atomic E-state index is 12.2. The van der Waals surface area contributed by atoms with Crippen LogP contribution in [0.1, 0.15) is 21.5 Å². The molecule has 5 nitrogen and oxygen atoms in total. The number of hydrogen-bond acceptors (Lipinski definition) is 4. The van der Waals surface area contributed by atoms with E-state index in [-0.39, 0.29) is 5.91 Å². The topological polar surface area (TPSA) is 59.8 Å². The zero-order chi connectivity index (χ0) is 15.5. The van der Waals surface area contributed by atoms with Crippen LogP contribution in [0.5, 0.6) is 0 Å². The maximum absolute atomic E-state index is 12.2. The van der Waals surface area contributed by atoms with E-state index in [1.807, 2.05) is 54.8 Å². The van der Waals surface area contributed by atoms with E-state index < -0.39 is 0 Å². The lowest BCUT2D eigenvalue weighted by molar-refractivity contribution is 0.103. The molecule has 3 aromatic rings. The van der Waals surface area contributed by atoms with E-state index in [1.54, 1.807) is 6.33 Å². The molecule has 6 heteroatoms. The van der Waals surface area contributed by atoms with E-state index in [0.717, 1.165) is 28.5 Å². The molecule has 22 heavy (non-hydrogen) atoms. The van der Waals surface area contributed by atoms with E-state index >= 15 is 0 Å². The Bertz CT molecular complexity index is 806. The Labute approximate surface area is 132 Å². The molecule has 0 atom stereocenters. The van der Waals surface area contributed by atoms with Gasteiger partial charge in [0, 0.05) is 22.7 Å². The molecule has 1 N–H and O–H groups in total. The van der Waals surface area contributed by atoms with Crippen molar-refractivity contribution in [3.8, 4) is 11.4 Å². The van der Waals surface area contributed by atoms with Gasteiger partial charge in [-0.25, -0.2) is 0 Å². The fraction of sp³-hybridized carbons (Fsp3) is 0.188. The molecule has 0 radical (unpaired) electrons. The van der Waals surface area contributed by atoms with Crippen LogP contribution in [0.2, 0.25) is 0 Å². The van der Waals surface area contributed by atoms with Gasteiger partial charge in [0.15, 0.2) is 5.82 Å². The van der Waals surface area contributed by atoms with E-state index in [2.05, 4.69) is 15.5 Å². The highest BCUT2D eigenvalue weighted by molar-refractivity contribution is 7.14. The molecular formula is C16H16N4OS. The summed E-state index contributed by atoms with van der Waals surface area (Å²) in [5, 5.41) is 11.0. The molecule has 0 spiro atoms. The summed E-state index contributed by atoms with van der Waals surface area (Å²) in [7, 11) is 0. The molecule has 0 aliphatic rings. The third-order valence-electron chi connectivity index (χ3n) is 3.30. The Hall–Kier alpha value is -2.47. The summed E-state index contributed by atoms with van der Waals surface area (Å²) in [6.07, 6.45) is 1.70. The van der Waals surface area contributed by atoms with Crippen LogP contribution in [0.25, 0.3) is 11.4 Å². The fourth-order valence-electron chi connectivity index (χ4n) is 2.20. The van der Waals surface area contributed by atoms with Gasteiger partial charge in [-0.05, 0) is 38.1 Å². The van der Waals surface area contributed by atoms with Gasteiger partial charge in [0.05, 0.1) is 4.88 Å². The van der Waals surface area contributed by atoms with Crippen molar-refractivity contribution in [1.29, 1.82) is 0 Å². The van der Waals surface area contributed by atoms with Crippen LogP contribution in [0.15, 0.2) is 42.7 Å². The number of carbonyl (C=O) groups excluding carboxylic acids is 1. The Morgan fingerprint density at radius 2 is 2.18 bits per heavy atom. The zero-order valence-electron chi connectivity index (χ0n) is 12.4. The molecular weight excluding hydrogens is 296 g/mol. The van der Waals surface area contributed by atoms with Crippen molar-refractivity contribution >= 4 is 22.9 Å². The lowest BCUT2D eigenvalue weighted by Gasteiger charge is -2.07. The lowest BCUT2D eigenvalue weighted by atomic mass is 10.2. The van der Waals surface area contributed by atoms with Gasteiger partial charge in [-0.3, -0.25) is 4.79 Å². The Kier molecular flexibility index (Phi) is 4.02. The standard InChI is InChI=1S/C16H16N4OS/c1-3-20-10-17-19-15(20)12-5-4-6-13(9-12)18-16(21)14-8-7-11(2)22-14/h4-10H,3H2,1-2H3,(H,18,21). The predicted octanol–water partition coefficient (Wildman–Crippen LogP) is 3.59. The third-order valence-corrected chi connectivity index (χ3v) is 4.30. The first kappa shape index (κ1) is 14.5. The molecule has 0 saturated carbocycles. The number of carbonyl (C=O) groups is 1. The Morgan fingerprint density at radius 1 is 1.32 bits per heavy atom. The molecule has 112 valence electrons. The average molecular weight is 312 g/mol. The van der Waals surface area contributed by atoms with E-state index in [4.69, 9.17) is 0 Å². The summed E-state index contributed by atoms with van der Waals surface area (Å²) < 4.78 is 1.96. The van der Waals surface area contributed by atoms with Crippen molar-refractivity contribution < 1.29 is 4.79 Å². The second kappa shape index (κ2) is 6.11. The van der Waals surface area contributed by atoms with Crippen LogP contribution in [0.3, 0.4) is 0 Å². The first-order valence-corrected chi connectivity index (χ1v) is 7.85. The minimum absolute atomic E-state index is 0.0905. The SMILES string of the molecule is CCn1cnnc1-c1cccc(NC(=O)c2ccc(C)s2)c1. The minimum atomic E-state index is -0.0905. The van der Waals surface area contributed by atoms with Gasteiger partial charge in [0.25, 0.3) is 5.91 Å². The zero-order valence-corrected chi connectivity index (χ0v) is 13.2. The first-order chi connectivity index (χ1) is 10.7. The molecule has 0 aliphatic heterocycles. The second-order valence-electron chi connectivity index (χ2n) is 4.89. The van der Waals surface area contributed by atoms with Crippen LogP contribution < -0.4 is 5.32 Å². The number of anilines is 1. The molecule has 1 amide bonds. The van der Waals surface area contributed by atoms with Crippen LogP contribution in [0, 0.1) is 6.92 Å². The molecule has 0 unspecified atom stereocenters. The summed E-state index contributed by atoms with van der Waals surface area (Å²) >= 11 is 1.48. The largest absolute Gasteiger partial charge is 0.321 e. The number of nitrogens with zero attached hydrogens (tertiary/aromatic N) is 3. The van der Waals surface area contributed by atoms with Crippen molar-refractivity contribution in [2.45, 2.75) is 20.4 Å². The van der Waals surface area contributed by atoms with Gasteiger partial charge in [-0.2, -0.15) is 0 Å². The van der Waals surface area contributed by atoms with Crippen LogP contribution >= 0.6 is 11.3 Å². The minimum Gasteiger partial charge on any atom is -0.321 e. The Morgan fingerprint density at radius 3 is 2.91 bits per heavy atom. The summed E-state index contributed by atoms with van der Waals surface area (Å²) in [4.78, 5) is 14.0. The summed E-state index contributed by atoms with van der Waals surface area (Å²) in [5.74, 6) is 0.706. The molecule has 3 rings (SSSR count). The molecule has 0 bridgehead atoms. The van der Waals surface area contributed by atoms with Crippen LogP contribution in [0.4, 0.5) is 5.69 Å². The normalized spacial score (nSPS) is 10.6. The number of thiophene rings is 1. The second-order valence-corrected chi connectivity index (χ2v) is 6.17. The van der Waals surface area contributed by atoms with Gasteiger partial charge in [0.1, 0.15) is 6.33 Å². The number of aryl methyl sites for hydroxylation is 2. The summed E-state index contributed by atoms with van der Waals surface area (Å²) in [6.45, 7) is 4.82. The molecule has 2 aromatic heterocycles. The number of hydrogen-bond donors (Lipinski definition) is 1. The molecule has 2 heterocycles. The van der Waals surface area contributed by atoms with Crippen molar-refractivity contribution in [3.63, 3.8) is 0 Å². The van der Waals surface area contributed by atoms with E-state index in [0.29, 0.717) is 4.88 Å². The highest BCUT2D eigenvalue weighted by Crippen LogP contribution is 2.22. The third kappa shape index (κ3) is 2.92. The molecule has 0 saturated heterocycles. The number of aromatic nitrogens is 3. The van der Waals surface area contributed by atoms with Crippen LogP contribution in [-0.2, 0) is 6.54 Å². The smallest absolute Gasteiger partial charge is 0.265 e. The van der Waals surface area contributed by atoms with E-state index in [1.165, 1.54) is 11.3 Å². The first-order valence-electron chi connectivity index (χ1n) is 7.03. The number of rotatable bonds is 4. The number of benzene rings is 1. The van der Waals surface area contributed by atoms with Crippen molar-refractivity contribution in [1.82, 2.24) is 14.8 Å².